The third kappa shape index (κ3) is 4.79. The molecule has 0 saturated carbocycles. The minimum absolute atomic E-state index is 0.0973. The van der Waals surface area contributed by atoms with Crippen LogP contribution in [0.3, 0.4) is 0 Å². The largest absolute Gasteiger partial charge is 0.383 e. The molecule has 124 valence electrons. The van der Waals surface area contributed by atoms with Crippen LogP contribution in [0.4, 0.5) is 11.5 Å². The van der Waals surface area contributed by atoms with Gasteiger partial charge < -0.3 is 15.4 Å². The summed E-state index contributed by atoms with van der Waals surface area (Å²) in [6, 6.07) is 3.78. The Morgan fingerprint density at radius 2 is 2.26 bits per heavy atom. The predicted octanol–water partition coefficient (Wildman–Crippen LogP) is 3.50. The second kappa shape index (κ2) is 8.11. The van der Waals surface area contributed by atoms with Crippen LogP contribution in [0.1, 0.15) is 44.9 Å². The maximum atomic E-state index is 11.9. The van der Waals surface area contributed by atoms with E-state index in [2.05, 4.69) is 21.7 Å². The summed E-state index contributed by atoms with van der Waals surface area (Å²) in [7, 11) is 0. The Bertz CT molecular complexity index is 548. The first-order valence-corrected chi connectivity index (χ1v) is 8.61. The second-order valence-corrected chi connectivity index (χ2v) is 6.21. The molecule has 5 heteroatoms. The van der Waals surface area contributed by atoms with Crippen LogP contribution in [0, 0.1) is 0 Å². The number of aromatic nitrogens is 1. The molecule has 0 spiro atoms. The number of carbonyl (C=O) groups is 1. The van der Waals surface area contributed by atoms with E-state index in [-0.39, 0.29) is 12.0 Å². The van der Waals surface area contributed by atoms with Gasteiger partial charge >= 0.3 is 0 Å². The first-order chi connectivity index (χ1) is 11.3. The lowest BCUT2D eigenvalue weighted by atomic mass is 9.97. The molecule has 3 rings (SSSR count). The van der Waals surface area contributed by atoms with Crippen molar-refractivity contribution in [1.82, 2.24) is 4.98 Å². The maximum Gasteiger partial charge on any atom is 0.254 e. The molecule has 1 atom stereocenters. The Morgan fingerprint density at radius 1 is 1.30 bits per heavy atom. The molecule has 1 aliphatic heterocycles. The highest BCUT2D eigenvalue weighted by atomic mass is 16.5. The van der Waals surface area contributed by atoms with Crippen molar-refractivity contribution < 1.29 is 9.53 Å². The fraction of sp³-hybridized carbons (Fsp3) is 0.556. The predicted molar refractivity (Wildman–Crippen MR) is 91.5 cm³/mol. The van der Waals surface area contributed by atoms with Crippen LogP contribution < -0.4 is 10.6 Å². The number of hydrogen-bond donors (Lipinski definition) is 2. The topological polar surface area (TPSA) is 63.2 Å². The second-order valence-electron chi connectivity index (χ2n) is 6.21. The van der Waals surface area contributed by atoms with E-state index < -0.39 is 0 Å². The summed E-state index contributed by atoms with van der Waals surface area (Å²) in [6.45, 7) is 1.60. The van der Waals surface area contributed by atoms with Crippen LogP contribution in [0.25, 0.3) is 0 Å². The van der Waals surface area contributed by atoms with Crippen molar-refractivity contribution >= 4 is 17.4 Å². The molecule has 5 nitrogen and oxygen atoms in total. The number of nitrogens with one attached hydrogen (secondary N) is 2. The molecule has 1 saturated heterocycles. The van der Waals surface area contributed by atoms with Gasteiger partial charge in [0.1, 0.15) is 11.9 Å². The summed E-state index contributed by atoms with van der Waals surface area (Å²) in [4.78, 5) is 16.2. The van der Waals surface area contributed by atoms with E-state index in [1.165, 1.54) is 25.7 Å². The summed E-state index contributed by atoms with van der Waals surface area (Å²) in [5, 5.41) is 6.19. The summed E-state index contributed by atoms with van der Waals surface area (Å²) in [5.41, 5.74) is 2.55. The molecular weight excluding hydrogens is 290 g/mol. The van der Waals surface area contributed by atoms with E-state index in [1.807, 2.05) is 12.1 Å². The van der Waals surface area contributed by atoms with Crippen LogP contribution >= 0.6 is 0 Å². The number of anilines is 2. The van der Waals surface area contributed by atoms with Crippen LogP contribution in [0.2, 0.25) is 0 Å². The molecule has 2 N–H and O–H groups in total. The van der Waals surface area contributed by atoms with E-state index in [0.717, 1.165) is 31.5 Å². The zero-order valence-corrected chi connectivity index (χ0v) is 13.5. The molecule has 2 heterocycles. The number of nitrogens with zero attached hydrogens (tertiary/aromatic N) is 1. The molecule has 0 aromatic carbocycles. The van der Waals surface area contributed by atoms with Gasteiger partial charge in [-0.05, 0) is 57.1 Å². The van der Waals surface area contributed by atoms with Gasteiger partial charge in [0.05, 0.1) is 11.9 Å². The molecular formula is C18H25N3O2. The Kier molecular flexibility index (Phi) is 5.64. The molecule has 1 amide bonds. The van der Waals surface area contributed by atoms with Crippen molar-refractivity contribution in [2.24, 2.45) is 0 Å². The van der Waals surface area contributed by atoms with Gasteiger partial charge in [0.15, 0.2) is 0 Å². The summed E-state index contributed by atoms with van der Waals surface area (Å²) >= 11 is 0. The van der Waals surface area contributed by atoms with Gasteiger partial charge in [0.2, 0.25) is 0 Å². The first kappa shape index (κ1) is 16.0. The third-order valence-electron chi connectivity index (χ3n) is 4.40. The minimum atomic E-state index is -0.321. The smallest absolute Gasteiger partial charge is 0.254 e. The Labute approximate surface area is 137 Å². The molecule has 0 bridgehead atoms. The highest BCUT2D eigenvalue weighted by molar-refractivity contribution is 5.93. The number of carbonyl (C=O) groups excluding carboxylic acids is 1. The van der Waals surface area contributed by atoms with Crippen molar-refractivity contribution in [3.05, 3.63) is 30.0 Å². The fourth-order valence-electron chi connectivity index (χ4n) is 3.06. The lowest BCUT2D eigenvalue weighted by Gasteiger charge is -2.13. The van der Waals surface area contributed by atoms with Crippen molar-refractivity contribution in [2.75, 3.05) is 23.8 Å². The molecule has 1 unspecified atom stereocenters. The van der Waals surface area contributed by atoms with E-state index in [0.29, 0.717) is 12.4 Å². The highest BCUT2D eigenvalue weighted by Gasteiger charge is 2.23. The van der Waals surface area contributed by atoms with Gasteiger partial charge in [0, 0.05) is 13.2 Å². The van der Waals surface area contributed by atoms with Gasteiger partial charge in [0.25, 0.3) is 5.91 Å². The molecule has 1 aromatic heterocycles. The fourth-order valence-corrected chi connectivity index (χ4v) is 3.06. The number of pyridine rings is 1. The number of allylic oxidation sites excluding steroid dienone is 1. The number of hydrogen-bond acceptors (Lipinski definition) is 4. The van der Waals surface area contributed by atoms with Crippen LogP contribution in [-0.2, 0) is 9.53 Å². The quantitative estimate of drug-likeness (QED) is 0.789. The van der Waals surface area contributed by atoms with Crippen LogP contribution in [0.15, 0.2) is 30.0 Å². The average Bonchev–Trinajstić information content (AvgIpc) is 3.12. The van der Waals surface area contributed by atoms with Crippen molar-refractivity contribution in [3.8, 4) is 0 Å². The van der Waals surface area contributed by atoms with Gasteiger partial charge in [-0.25, -0.2) is 4.98 Å². The van der Waals surface area contributed by atoms with E-state index >= 15 is 0 Å². The van der Waals surface area contributed by atoms with E-state index in [9.17, 15) is 4.79 Å². The first-order valence-electron chi connectivity index (χ1n) is 8.61. The minimum Gasteiger partial charge on any atom is -0.383 e. The van der Waals surface area contributed by atoms with Crippen molar-refractivity contribution in [2.45, 2.75) is 51.0 Å². The molecule has 1 fully saturated rings. The summed E-state index contributed by atoms with van der Waals surface area (Å²) in [5.74, 6) is 0.478. The standard InChI is InChI=1S/C18H25N3O2/c22-18(16-7-4-12-23-16)21-17-9-8-15(13-20-17)19-11-10-14-5-2-1-3-6-14/h5,8-9,13,16,19H,1-4,6-7,10-12H2,(H,20,21,22). The third-order valence-corrected chi connectivity index (χ3v) is 4.40. The lowest BCUT2D eigenvalue weighted by Crippen LogP contribution is -2.27. The monoisotopic (exact) mass is 315 g/mol. The van der Waals surface area contributed by atoms with Crippen molar-refractivity contribution in [3.63, 3.8) is 0 Å². The maximum absolute atomic E-state index is 11.9. The molecule has 2 aliphatic rings. The molecule has 0 radical (unpaired) electrons. The molecule has 1 aliphatic carbocycles. The number of rotatable bonds is 6. The Hall–Kier alpha value is -1.88. The lowest BCUT2D eigenvalue weighted by molar-refractivity contribution is -0.124. The zero-order valence-electron chi connectivity index (χ0n) is 13.5. The molecule has 23 heavy (non-hydrogen) atoms. The highest BCUT2D eigenvalue weighted by Crippen LogP contribution is 2.20. The van der Waals surface area contributed by atoms with E-state index in [4.69, 9.17) is 4.74 Å². The van der Waals surface area contributed by atoms with Gasteiger partial charge in [-0.3, -0.25) is 4.79 Å². The Morgan fingerprint density at radius 3 is 2.96 bits per heavy atom. The summed E-state index contributed by atoms with van der Waals surface area (Å²) in [6.07, 6.45) is 11.8. The van der Waals surface area contributed by atoms with Crippen LogP contribution in [0.5, 0.6) is 0 Å². The number of ether oxygens (including phenoxy) is 1. The number of amides is 1. The zero-order chi connectivity index (χ0) is 15.9. The van der Waals surface area contributed by atoms with Crippen molar-refractivity contribution in [1.29, 1.82) is 0 Å². The Balaban J connectivity index is 1.43. The van der Waals surface area contributed by atoms with E-state index in [1.54, 1.807) is 11.8 Å². The molecule has 1 aromatic rings. The average molecular weight is 315 g/mol. The summed E-state index contributed by atoms with van der Waals surface area (Å²) < 4.78 is 5.36. The SMILES string of the molecule is O=C(Nc1ccc(NCCC2=CCCCC2)cn1)C1CCCO1. The van der Waals surface area contributed by atoms with Gasteiger partial charge in [-0.2, -0.15) is 0 Å². The van der Waals surface area contributed by atoms with Crippen LogP contribution in [-0.4, -0.2) is 30.1 Å². The normalized spacial score (nSPS) is 20.9. The van der Waals surface area contributed by atoms with Gasteiger partial charge in [-0.15, -0.1) is 0 Å². The van der Waals surface area contributed by atoms with Gasteiger partial charge in [-0.1, -0.05) is 11.6 Å².